The molecule has 0 fully saturated rings. The van der Waals surface area contributed by atoms with Crippen LogP contribution in [0.1, 0.15) is 18.1 Å². The number of nitrogens with one attached hydrogen (secondary N) is 2. The van der Waals surface area contributed by atoms with Crippen LogP contribution in [-0.2, 0) is 13.1 Å². The molecule has 0 saturated heterocycles. The minimum absolute atomic E-state index is 0. The lowest BCUT2D eigenvalue weighted by Crippen LogP contribution is -2.36. The van der Waals surface area contributed by atoms with Crippen LogP contribution in [0.5, 0.6) is 11.5 Å². The van der Waals surface area contributed by atoms with Crippen molar-refractivity contribution in [2.24, 2.45) is 4.99 Å². The standard InChI is InChI=1S/C20H22N6O2.HI/c1-2-22-20(24-11-15-3-4-17-18(9-15)28-14-27-17)25-12-16-5-6-23-19(10-16)26-8-7-21-13-26;/h3-10,13H,2,11-12,14H2,1H3,(H2,22,24,25);1H. The molecule has 0 aliphatic carbocycles. The third-order valence-electron chi connectivity index (χ3n) is 4.24. The van der Waals surface area contributed by atoms with E-state index < -0.39 is 0 Å². The Labute approximate surface area is 186 Å². The SMILES string of the molecule is CCNC(=NCc1ccc2c(c1)OCO2)NCc1ccnc(-n2ccnc2)c1.I. The summed E-state index contributed by atoms with van der Waals surface area (Å²) in [5.74, 6) is 3.14. The lowest BCUT2D eigenvalue weighted by atomic mass is 10.2. The van der Waals surface area contributed by atoms with E-state index in [1.807, 2.05) is 48.0 Å². The predicted molar refractivity (Wildman–Crippen MR) is 121 cm³/mol. The molecular weight excluding hydrogens is 483 g/mol. The third kappa shape index (κ3) is 5.37. The lowest BCUT2D eigenvalue weighted by molar-refractivity contribution is 0.174. The summed E-state index contributed by atoms with van der Waals surface area (Å²) in [6.45, 7) is 4.28. The number of benzene rings is 1. The van der Waals surface area contributed by atoms with Crippen LogP contribution in [0.25, 0.3) is 5.82 Å². The number of hydrogen-bond acceptors (Lipinski definition) is 5. The lowest BCUT2D eigenvalue weighted by Gasteiger charge is -2.12. The van der Waals surface area contributed by atoms with Crippen LogP contribution in [-0.4, -0.2) is 33.8 Å². The molecule has 1 aliphatic heterocycles. The van der Waals surface area contributed by atoms with Crippen molar-refractivity contribution >= 4 is 29.9 Å². The number of rotatable bonds is 6. The van der Waals surface area contributed by atoms with Gasteiger partial charge in [-0.3, -0.25) is 4.57 Å². The van der Waals surface area contributed by atoms with Crippen molar-refractivity contribution in [2.45, 2.75) is 20.0 Å². The maximum atomic E-state index is 5.43. The second-order valence-electron chi connectivity index (χ2n) is 6.23. The second-order valence-corrected chi connectivity index (χ2v) is 6.23. The van der Waals surface area contributed by atoms with Gasteiger partial charge >= 0.3 is 0 Å². The molecule has 4 rings (SSSR count). The van der Waals surface area contributed by atoms with Gasteiger partial charge in [-0.05, 0) is 42.3 Å². The van der Waals surface area contributed by atoms with Crippen LogP contribution in [0.3, 0.4) is 0 Å². The Kier molecular flexibility index (Phi) is 7.28. The molecule has 0 amide bonds. The molecule has 8 nitrogen and oxygen atoms in total. The number of guanidine groups is 1. The highest BCUT2D eigenvalue weighted by atomic mass is 127. The van der Waals surface area contributed by atoms with Gasteiger partial charge in [0.05, 0.1) is 6.54 Å². The van der Waals surface area contributed by atoms with Crippen LogP contribution >= 0.6 is 24.0 Å². The summed E-state index contributed by atoms with van der Waals surface area (Å²) >= 11 is 0. The van der Waals surface area contributed by atoms with E-state index in [9.17, 15) is 0 Å². The highest BCUT2D eigenvalue weighted by Crippen LogP contribution is 2.32. The van der Waals surface area contributed by atoms with Gasteiger partial charge in [0.15, 0.2) is 17.5 Å². The number of hydrogen-bond donors (Lipinski definition) is 2. The summed E-state index contributed by atoms with van der Waals surface area (Å²) in [6, 6.07) is 9.89. The third-order valence-corrected chi connectivity index (χ3v) is 4.24. The maximum absolute atomic E-state index is 5.43. The Balaban J connectivity index is 0.00000240. The van der Waals surface area contributed by atoms with Crippen LogP contribution in [0, 0.1) is 0 Å². The Hall–Kier alpha value is -2.82. The average molecular weight is 506 g/mol. The van der Waals surface area contributed by atoms with Crippen LogP contribution in [0.4, 0.5) is 0 Å². The van der Waals surface area contributed by atoms with Gasteiger partial charge in [-0.2, -0.15) is 0 Å². The fourth-order valence-electron chi connectivity index (χ4n) is 2.84. The van der Waals surface area contributed by atoms with Crippen LogP contribution < -0.4 is 20.1 Å². The summed E-state index contributed by atoms with van der Waals surface area (Å²) in [4.78, 5) is 13.1. The molecule has 0 unspecified atom stereocenters. The monoisotopic (exact) mass is 506 g/mol. The molecule has 0 saturated carbocycles. The maximum Gasteiger partial charge on any atom is 0.231 e. The Morgan fingerprint density at radius 1 is 1.10 bits per heavy atom. The highest BCUT2D eigenvalue weighted by molar-refractivity contribution is 14.0. The van der Waals surface area contributed by atoms with Gasteiger partial charge in [0.2, 0.25) is 6.79 Å². The average Bonchev–Trinajstić information content (AvgIpc) is 3.42. The van der Waals surface area contributed by atoms with E-state index in [1.165, 1.54) is 0 Å². The van der Waals surface area contributed by atoms with Crippen LogP contribution in [0.15, 0.2) is 60.2 Å². The zero-order valence-electron chi connectivity index (χ0n) is 16.0. The zero-order valence-corrected chi connectivity index (χ0v) is 18.4. The quantitative estimate of drug-likeness (QED) is 0.304. The smallest absolute Gasteiger partial charge is 0.231 e. The molecule has 2 N–H and O–H groups in total. The number of nitrogens with zero attached hydrogens (tertiary/aromatic N) is 4. The normalized spacial score (nSPS) is 12.4. The summed E-state index contributed by atoms with van der Waals surface area (Å²) < 4.78 is 12.7. The molecule has 3 heterocycles. The van der Waals surface area contributed by atoms with E-state index in [0.29, 0.717) is 13.1 Å². The minimum atomic E-state index is 0. The fourth-order valence-corrected chi connectivity index (χ4v) is 2.84. The molecule has 29 heavy (non-hydrogen) atoms. The number of aromatic nitrogens is 3. The topological polar surface area (TPSA) is 85.6 Å². The van der Waals surface area contributed by atoms with Crippen LogP contribution in [0.2, 0.25) is 0 Å². The second kappa shape index (κ2) is 10.1. The molecule has 152 valence electrons. The zero-order chi connectivity index (χ0) is 19.2. The molecular formula is C20H23IN6O2. The molecule has 1 aromatic carbocycles. The number of halogens is 1. The van der Waals surface area contributed by atoms with Gasteiger partial charge in [0, 0.05) is 31.7 Å². The minimum Gasteiger partial charge on any atom is -0.454 e. The van der Waals surface area contributed by atoms with Gasteiger partial charge in [-0.25, -0.2) is 15.0 Å². The predicted octanol–water partition coefficient (Wildman–Crippen LogP) is 2.87. The van der Waals surface area contributed by atoms with Crippen molar-refractivity contribution in [1.82, 2.24) is 25.2 Å². The van der Waals surface area contributed by atoms with Crippen molar-refractivity contribution in [3.05, 3.63) is 66.4 Å². The van der Waals surface area contributed by atoms with Crippen molar-refractivity contribution in [1.29, 1.82) is 0 Å². The van der Waals surface area contributed by atoms with E-state index in [0.717, 1.165) is 40.9 Å². The number of pyridine rings is 1. The van der Waals surface area contributed by atoms with E-state index in [2.05, 4.69) is 25.6 Å². The van der Waals surface area contributed by atoms with E-state index in [1.54, 1.807) is 18.7 Å². The van der Waals surface area contributed by atoms with Crippen molar-refractivity contribution < 1.29 is 9.47 Å². The first-order valence-electron chi connectivity index (χ1n) is 9.16. The van der Waals surface area contributed by atoms with Crippen molar-refractivity contribution in [3.8, 4) is 17.3 Å². The van der Waals surface area contributed by atoms with E-state index in [-0.39, 0.29) is 30.8 Å². The fraction of sp³-hybridized carbons (Fsp3) is 0.250. The first-order valence-corrected chi connectivity index (χ1v) is 9.16. The van der Waals surface area contributed by atoms with Gasteiger partial charge < -0.3 is 20.1 Å². The first kappa shape index (κ1) is 20.9. The Morgan fingerprint density at radius 3 is 2.83 bits per heavy atom. The van der Waals surface area contributed by atoms with Crippen molar-refractivity contribution in [2.75, 3.05) is 13.3 Å². The summed E-state index contributed by atoms with van der Waals surface area (Å²) in [5.41, 5.74) is 2.17. The largest absolute Gasteiger partial charge is 0.454 e. The van der Waals surface area contributed by atoms with Gasteiger partial charge in [-0.1, -0.05) is 6.07 Å². The van der Waals surface area contributed by atoms with Crippen molar-refractivity contribution in [3.63, 3.8) is 0 Å². The van der Waals surface area contributed by atoms with Gasteiger partial charge in [0.25, 0.3) is 0 Å². The van der Waals surface area contributed by atoms with Gasteiger partial charge in [0.1, 0.15) is 12.1 Å². The number of ether oxygens (including phenoxy) is 2. The summed E-state index contributed by atoms with van der Waals surface area (Å²) in [5, 5.41) is 6.63. The molecule has 0 radical (unpaired) electrons. The molecule has 3 aromatic rings. The Morgan fingerprint density at radius 2 is 2.00 bits per heavy atom. The molecule has 0 atom stereocenters. The molecule has 2 aromatic heterocycles. The first-order chi connectivity index (χ1) is 13.8. The summed E-state index contributed by atoms with van der Waals surface area (Å²) in [7, 11) is 0. The molecule has 1 aliphatic rings. The number of imidazole rings is 1. The number of aliphatic imine (C=N–C) groups is 1. The van der Waals surface area contributed by atoms with E-state index >= 15 is 0 Å². The Bertz CT molecular complexity index is 961. The van der Waals surface area contributed by atoms with Gasteiger partial charge in [-0.15, -0.1) is 24.0 Å². The highest BCUT2D eigenvalue weighted by Gasteiger charge is 2.13. The van der Waals surface area contributed by atoms with E-state index in [4.69, 9.17) is 9.47 Å². The molecule has 9 heteroatoms. The molecule has 0 bridgehead atoms. The number of fused-ring (bicyclic) bond motifs is 1. The summed E-state index contributed by atoms with van der Waals surface area (Å²) in [6.07, 6.45) is 7.13. The molecule has 0 spiro atoms.